The number of hydrogen-bond donors (Lipinski definition) is 0. The molecule has 0 bridgehead atoms. The van der Waals surface area contributed by atoms with Crippen molar-refractivity contribution in [1.29, 1.82) is 0 Å². The molecule has 2 aromatic rings. The lowest BCUT2D eigenvalue weighted by Gasteiger charge is -2.00. The highest BCUT2D eigenvalue weighted by Gasteiger charge is 2.20. The Balaban J connectivity index is 0.000000312. The molecule has 0 saturated carbocycles. The fourth-order valence-corrected chi connectivity index (χ4v) is 1.33. The maximum atomic E-state index is 10.9. The monoisotopic (exact) mass is 274 g/mol. The van der Waals surface area contributed by atoms with E-state index in [9.17, 15) is 22.1 Å². The van der Waals surface area contributed by atoms with Crippen LogP contribution in [0.15, 0.2) is 53.7 Å². The van der Waals surface area contributed by atoms with Crippen molar-refractivity contribution in [1.82, 2.24) is 4.68 Å². The molecular formula is C11H11BF4N2O. The maximum absolute atomic E-state index is 10.9. The molecular weight excluding hydrogens is 263 g/mol. The molecule has 0 saturated heterocycles. The Morgan fingerprint density at radius 2 is 1.58 bits per heavy atom. The first-order valence-corrected chi connectivity index (χ1v) is 5.31. The van der Waals surface area contributed by atoms with Gasteiger partial charge >= 0.3 is 7.25 Å². The van der Waals surface area contributed by atoms with Gasteiger partial charge in [0.2, 0.25) is 11.9 Å². The van der Waals surface area contributed by atoms with Crippen LogP contribution in [-0.4, -0.2) is 11.9 Å². The van der Waals surface area contributed by atoms with Crippen LogP contribution in [0.2, 0.25) is 0 Å². The zero-order valence-electron chi connectivity index (χ0n) is 10.0. The van der Waals surface area contributed by atoms with Gasteiger partial charge in [-0.05, 0) is 6.07 Å². The molecule has 19 heavy (non-hydrogen) atoms. The maximum Gasteiger partial charge on any atom is 0.673 e. The Hall–Kier alpha value is -2.12. The van der Waals surface area contributed by atoms with Crippen molar-refractivity contribution in [2.24, 2.45) is 0 Å². The highest BCUT2D eigenvalue weighted by Crippen LogP contribution is 2.06. The van der Waals surface area contributed by atoms with Gasteiger partial charge in [-0.15, -0.1) is 4.68 Å². The van der Waals surface area contributed by atoms with Crippen molar-refractivity contribution in [3.05, 3.63) is 64.8 Å². The summed E-state index contributed by atoms with van der Waals surface area (Å²) in [7, 11) is -6.00. The first kappa shape index (κ1) is 14.9. The molecule has 0 amide bonds. The Labute approximate surface area is 106 Å². The number of nitrogens with zero attached hydrogens (tertiary/aromatic N) is 2. The molecule has 0 aliphatic heterocycles. The molecule has 0 aliphatic rings. The molecule has 102 valence electrons. The zero-order chi connectivity index (χ0) is 14.5. The van der Waals surface area contributed by atoms with Gasteiger partial charge in [0.15, 0.2) is 5.43 Å². The van der Waals surface area contributed by atoms with E-state index in [1.54, 1.807) is 24.5 Å². The van der Waals surface area contributed by atoms with Crippen LogP contribution in [0.1, 0.15) is 5.69 Å². The van der Waals surface area contributed by atoms with E-state index in [0.29, 0.717) is 0 Å². The first-order chi connectivity index (χ1) is 8.77. The van der Waals surface area contributed by atoms with Gasteiger partial charge in [0, 0.05) is 31.2 Å². The van der Waals surface area contributed by atoms with Crippen LogP contribution < -0.4 is 10.1 Å². The predicted octanol–water partition coefficient (Wildman–Crippen LogP) is 2.06. The topological polar surface area (TPSA) is 25.9 Å². The van der Waals surface area contributed by atoms with Crippen molar-refractivity contribution in [2.75, 3.05) is 0 Å². The summed E-state index contributed by atoms with van der Waals surface area (Å²) < 4.78 is 42.8. The van der Waals surface area contributed by atoms with Crippen molar-refractivity contribution in [2.45, 2.75) is 6.92 Å². The minimum absolute atomic E-state index is 0.0236. The average Bonchev–Trinajstić information content (AvgIpc) is 2.29. The molecule has 3 nitrogen and oxygen atoms in total. The second-order valence-electron chi connectivity index (χ2n) is 3.60. The van der Waals surface area contributed by atoms with E-state index in [1.807, 2.05) is 40.7 Å². The Morgan fingerprint density at radius 1 is 1.05 bits per heavy atom. The van der Waals surface area contributed by atoms with Gasteiger partial charge < -0.3 is 17.3 Å². The van der Waals surface area contributed by atoms with Gasteiger partial charge in [0.25, 0.3) is 0 Å². The lowest BCUT2D eigenvalue weighted by Crippen LogP contribution is -2.44. The summed E-state index contributed by atoms with van der Waals surface area (Å²) in [5, 5.41) is 0. The Morgan fingerprint density at radius 3 is 2.05 bits per heavy atom. The van der Waals surface area contributed by atoms with Gasteiger partial charge in [0.1, 0.15) is 0 Å². The van der Waals surface area contributed by atoms with E-state index in [1.165, 1.54) is 0 Å². The SMILES string of the molecule is Cc1cccc[n+]1-n1ccc(=O)cc1.F[B-](F)(F)F. The highest BCUT2D eigenvalue weighted by molar-refractivity contribution is 6.50. The van der Waals surface area contributed by atoms with Crippen LogP contribution in [0.25, 0.3) is 0 Å². The lowest BCUT2D eigenvalue weighted by molar-refractivity contribution is -0.733. The minimum Gasteiger partial charge on any atom is -0.418 e. The molecule has 0 fully saturated rings. The van der Waals surface area contributed by atoms with E-state index < -0.39 is 7.25 Å². The first-order valence-electron chi connectivity index (χ1n) is 5.31. The van der Waals surface area contributed by atoms with Crippen LogP contribution in [0, 0.1) is 6.92 Å². The summed E-state index contributed by atoms with van der Waals surface area (Å²) in [5.41, 5.74) is 1.13. The van der Waals surface area contributed by atoms with Crippen molar-refractivity contribution < 1.29 is 21.9 Å². The smallest absolute Gasteiger partial charge is 0.418 e. The standard InChI is InChI=1S/C11H11N2O.BF4/c1-10-4-2-3-7-13(10)12-8-5-11(14)6-9-12;2-1(3,4)5/h2-9H,1H3;/q+1;-1. The third kappa shape index (κ3) is 5.85. The fraction of sp³-hybridized carbons (Fsp3) is 0.0909. The second kappa shape index (κ2) is 6.17. The summed E-state index contributed by atoms with van der Waals surface area (Å²) in [4.78, 5) is 10.9. The molecule has 0 N–H and O–H groups in total. The van der Waals surface area contributed by atoms with Crippen LogP contribution in [0.4, 0.5) is 17.3 Å². The summed E-state index contributed by atoms with van der Waals surface area (Å²) in [6.45, 7) is 2.01. The molecule has 8 heteroatoms. The molecule has 0 unspecified atom stereocenters. The average molecular weight is 274 g/mol. The quantitative estimate of drug-likeness (QED) is 0.444. The number of halogens is 4. The fourth-order valence-electron chi connectivity index (χ4n) is 1.33. The number of pyridine rings is 2. The highest BCUT2D eigenvalue weighted by atomic mass is 19.5. The summed E-state index contributed by atoms with van der Waals surface area (Å²) in [5.74, 6) is 0. The Bertz CT molecular complexity index is 571. The van der Waals surface area contributed by atoms with Gasteiger partial charge in [-0.2, -0.15) is 0 Å². The van der Waals surface area contributed by atoms with Gasteiger partial charge in [0.05, 0.1) is 12.4 Å². The normalized spacial score (nSPS) is 10.6. The van der Waals surface area contributed by atoms with E-state index >= 15 is 0 Å². The number of aromatic nitrogens is 2. The van der Waals surface area contributed by atoms with Gasteiger partial charge in [-0.1, -0.05) is 4.68 Å². The molecule has 2 aromatic heterocycles. The van der Waals surface area contributed by atoms with Gasteiger partial charge in [-0.3, -0.25) is 4.79 Å². The van der Waals surface area contributed by atoms with Crippen molar-refractivity contribution >= 4 is 7.25 Å². The predicted molar refractivity (Wildman–Crippen MR) is 63.1 cm³/mol. The molecule has 2 rings (SSSR count). The van der Waals surface area contributed by atoms with Crippen LogP contribution in [0.3, 0.4) is 0 Å². The number of hydrogen-bond acceptors (Lipinski definition) is 1. The lowest BCUT2D eigenvalue weighted by atomic mass is 10.3. The number of rotatable bonds is 1. The molecule has 2 heterocycles. The van der Waals surface area contributed by atoms with Crippen LogP contribution >= 0.6 is 0 Å². The molecule has 0 spiro atoms. The van der Waals surface area contributed by atoms with E-state index in [0.717, 1.165) is 5.69 Å². The zero-order valence-corrected chi connectivity index (χ0v) is 10.0. The number of aryl methyl sites for hydroxylation is 1. The largest absolute Gasteiger partial charge is 0.673 e. The molecule has 0 radical (unpaired) electrons. The van der Waals surface area contributed by atoms with E-state index in [-0.39, 0.29) is 5.43 Å². The third-order valence-electron chi connectivity index (χ3n) is 2.07. The minimum atomic E-state index is -6.00. The van der Waals surface area contributed by atoms with Crippen molar-refractivity contribution in [3.8, 4) is 0 Å². The summed E-state index contributed by atoms with van der Waals surface area (Å²) in [6, 6.07) is 9.02. The van der Waals surface area contributed by atoms with Crippen molar-refractivity contribution in [3.63, 3.8) is 0 Å². The summed E-state index contributed by atoms with van der Waals surface area (Å²) >= 11 is 0. The molecule has 0 aromatic carbocycles. The van der Waals surface area contributed by atoms with Crippen LogP contribution in [0.5, 0.6) is 0 Å². The van der Waals surface area contributed by atoms with Crippen LogP contribution in [-0.2, 0) is 0 Å². The Kier molecular flexibility index (Phi) is 4.85. The second-order valence-corrected chi connectivity index (χ2v) is 3.60. The molecule has 0 aliphatic carbocycles. The third-order valence-corrected chi connectivity index (χ3v) is 2.07. The van der Waals surface area contributed by atoms with Gasteiger partial charge in [-0.25, -0.2) is 0 Å². The molecule has 0 atom stereocenters. The van der Waals surface area contributed by atoms with E-state index in [4.69, 9.17) is 0 Å². The van der Waals surface area contributed by atoms with E-state index in [2.05, 4.69) is 0 Å². The summed E-state index contributed by atoms with van der Waals surface area (Å²) in [6.07, 6.45) is 5.43.